The van der Waals surface area contributed by atoms with Gasteiger partial charge in [-0.15, -0.1) is 0 Å². The van der Waals surface area contributed by atoms with E-state index in [-0.39, 0.29) is 11.5 Å². The summed E-state index contributed by atoms with van der Waals surface area (Å²) in [6.45, 7) is 2.07. The minimum absolute atomic E-state index is 0.0408. The van der Waals surface area contributed by atoms with Gasteiger partial charge in [-0.1, -0.05) is 37.8 Å². The number of nitrogens with zero attached hydrogens (tertiary/aromatic N) is 1. The van der Waals surface area contributed by atoms with E-state index in [0.29, 0.717) is 30.2 Å². The van der Waals surface area contributed by atoms with Gasteiger partial charge in [0.05, 0.1) is 0 Å². The molecule has 0 atom stereocenters. The van der Waals surface area contributed by atoms with Gasteiger partial charge in [0.2, 0.25) is 0 Å². The molecule has 0 spiro atoms. The first-order valence-corrected chi connectivity index (χ1v) is 14.8. The van der Waals surface area contributed by atoms with Crippen molar-refractivity contribution in [1.82, 2.24) is 0 Å². The second-order valence-electron chi connectivity index (χ2n) is 11.8. The monoisotopic (exact) mass is 539 g/mol. The highest BCUT2D eigenvalue weighted by atomic mass is 19.1. The minimum Gasteiger partial charge on any atom is -0.207 e. The zero-order valence-electron chi connectivity index (χ0n) is 23.1. The van der Waals surface area contributed by atoms with Crippen molar-refractivity contribution in [3.05, 3.63) is 81.9 Å². The molecule has 0 aromatic heterocycles. The second-order valence-corrected chi connectivity index (χ2v) is 11.8. The molecule has 0 bridgehead atoms. The predicted octanol–water partition coefficient (Wildman–Crippen LogP) is 10.1. The highest BCUT2D eigenvalue weighted by Crippen LogP contribution is 2.39. The topological polar surface area (TPSA) is 23.8 Å². The summed E-state index contributed by atoms with van der Waals surface area (Å²) < 4.78 is 57.9. The van der Waals surface area contributed by atoms with E-state index in [4.69, 9.17) is 5.26 Å². The van der Waals surface area contributed by atoms with Crippen molar-refractivity contribution in [2.24, 2.45) is 17.8 Å². The SMILES string of the molecule is C/C=C/CCC1CCC(CCc2cc(F)c(CCC3CCC(c4cc(F)c(C#N)c(F)c4)CC3)c(F)c2)CC1. The molecule has 2 aromatic rings. The Labute approximate surface area is 231 Å². The third kappa shape index (κ3) is 7.96. The van der Waals surface area contributed by atoms with Crippen LogP contribution in [0, 0.1) is 52.4 Å². The molecule has 0 N–H and O–H groups in total. The highest BCUT2D eigenvalue weighted by molar-refractivity contribution is 5.36. The first-order chi connectivity index (χ1) is 18.9. The van der Waals surface area contributed by atoms with Crippen molar-refractivity contribution in [3.63, 3.8) is 0 Å². The fourth-order valence-electron chi connectivity index (χ4n) is 6.79. The zero-order valence-corrected chi connectivity index (χ0v) is 23.1. The highest BCUT2D eigenvalue weighted by Gasteiger charge is 2.25. The van der Waals surface area contributed by atoms with Crippen molar-refractivity contribution in [3.8, 4) is 6.07 Å². The minimum atomic E-state index is -0.813. The maximum atomic E-state index is 14.9. The Morgan fingerprint density at radius 3 is 1.77 bits per heavy atom. The number of hydrogen-bond donors (Lipinski definition) is 0. The predicted molar refractivity (Wildman–Crippen MR) is 148 cm³/mol. The molecule has 0 aliphatic heterocycles. The smallest absolute Gasteiger partial charge is 0.144 e. The Hall–Kier alpha value is -2.61. The quantitative estimate of drug-likeness (QED) is 0.218. The zero-order chi connectivity index (χ0) is 27.8. The molecule has 2 fully saturated rings. The summed E-state index contributed by atoms with van der Waals surface area (Å²) in [7, 11) is 0. The fourth-order valence-corrected chi connectivity index (χ4v) is 6.79. The normalized spacial score (nSPS) is 23.7. The van der Waals surface area contributed by atoms with E-state index < -0.39 is 28.8 Å². The van der Waals surface area contributed by atoms with Gasteiger partial charge in [0.15, 0.2) is 0 Å². The van der Waals surface area contributed by atoms with Crippen LogP contribution in [0.3, 0.4) is 0 Å². The third-order valence-electron chi connectivity index (χ3n) is 9.28. The van der Waals surface area contributed by atoms with Crippen LogP contribution in [-0.2, 0) is 12.8 Å². The summed E-state index contributed by atoms with van der Waals surface area (Å²) in [6.07, 6.45) is 17.8. The van der Waals surface area contributed by atoms with Crippen LogP contribution in [0.4, 0.5) is 17.6 Å². The van der Waals surface area contributed by atoms with Crippen molar-refractivity contribution < 1.29 is 17.6 Å². The Kier molecular flexibility index (Phi) is 10.7. The van der Waals surface area contributed by atoms with Crippen LogP contribution in [0.15, 0.2) is 36.4 Å². The van der Waals surface area contributed by atoms with E-state index in [9.17, 15) is 17.6 Å². The van der Waals surface area contributed by atoms with Gasteiger partial charge in [-0.05, 0) is 130 Å². The lowest BCUT2D eigenvalue weighted by molar-refractivity contribution is 0.254. The molecule has 2 saturated carbocycles. The number of hydrogen-bond acceptors (Lipinski definition) is 1. The Bertz CT molecular complexity index is 1120. The third-order valence-corrected chi connectivity index (χ3v) is 9.28. The molecule has 210 valence electrons. The molecular weight excluding hydrogens is 498 g/mol. The van der Waals surface area contributed by atoms with Crippen molar-refractivity contribution in [2.75, 3.05) is 0 Å². The number of aryl methyl sites for hydroxylation is 1. The van der Waals surface area contributed by atoms with Gasteiger partial charge in [-0.25, -0.2) is 17.6 Å². The Balaban J connectivity index is 1.22. The standard InChI is InChI=1S/C34H41F4N/c1-2-3-4-5-23-6-8-24(9-7-23)10-11-26-18-31(35)29(32(36)19-26)17-14-25-12-15-27(16-13-25)28-20-33(37)30(22-39)34(38)21-28/h2-3,18-21,23-25,27H,4-17H2,1H3/b3-2+. The molecule has 0 amide bonds. The van der Waals surface area contributed by atoms with Crippen LogP contribution in [-0.4, -0.2) is 0 Å². The summed E-state index contributed by atoms with van der Waals surface area (Å²) in [6, 6.07) is 7.18. The molecule has 39 heavy (non-hydrogen) atoms. The van der Waals surface area contributed by atoms with Crippen LogP contribution < -0.4 is 0 Å². The average Bonchev–Trinajstić information content (AvgIpc) is 2.92. The van der Waals surface area contributed by atoms with E-state index in [2.05, 4.69) is 19.1 Å². The molecule has 0 unspecified atom stereocenters. The fraction of sp³-hybridized carbons (Fsp3) is 0.559. The first-order valence-electron chi connectivity index (χ1n) is 14.8. The van der Waals surface area contributed by atoms with Gasteiger partial charge >= 0.3 is 0 Å². The van der Waals surface area contributed by atoms with E-state index >= 15 is 0 Å². The first kappa shape index (κ1) is 29.4. The number of nitriles is 1. The largest absolute Gasteiger partial charge is 0.207 e. The van der Waals surface area contributed by atoms with Gasteiger partial charge in [0, 0.05) is 5.56 Å². The lowest BCUT2D eigenvalue weighted by Crippen LogP contribution is -2.15. The average molecular weight is 540 g/mol. The summed E-state index contributed by atoms with van der Waals surface area (Å²) >= 11 is 0. The molecular formula is C34H41F4N. The molecule has 2 aromatic carbocycles. The molecule has 5 heteroatoms. The molecule has 2 aliphatic carbocycles. The van der Waals surface area contributed by atoms with Gasteiger partial charge in [0.25, 0.3) is 0 Å². The summed E-state index contributed by atoms with van der Waals surface area (Å²) in [5.74, 6) is -0.645. The van der Waals surface area contributed by atoms with E-state index in [1.54, 1.807) is 6.07 Å². The van der Waals surface area contributed by atoms with Crippen molar-refractivity contribution in [1.29, 1.82) is 5.26 Å². The summed E-state index contributed by atoms with van der Waals surface area (Å²) in [4.78, 5) is 0. The van der Waals surface area contributed by atoms with Gasteiger partial charge in [0.1, 0.15) is 34.9 Å². The van der Waals surface area contributed by atoms with Crippen LogP contribution in [0.25, 0.3) is 0 Å². The maximum absolute atomic E-state index is 14.9. The molecule has 0 heterocycles. The van der Waals surface area contributed by atoms with Gasteiger partial charge in [-0.2, -0.15) is 5.26 Å². The lowest BCUT2D eigenvalue weighted by atomic mass is 9.76. The van der Waals surface area contributed by atoms with Crippen molar-refractivity contribution >= 4 is 0 Å². The molecule has 0 radical (unpaired) electrons. The summed E-state index contributed by atoms with van der Waals surface area (Å²) in [5.41, 5.74) is 0.985. The Morgan fingerprint density at radius 2 is 1.23 bits per heavy atom. The van der Waals surface area contributed by atoms with Crippen LogP contribution in [0.1, 0.15) is 112 Å². The van der Waals surface area contributed by atoms with Crippen LogP contribution in [0.5, 0.6) is 0 Å². The molecule has 4 rings (SSSR count). The van der Waals surface area contributed by atoms with Crippen molar-refractivity contribution in [2.45, 2.75) is 103 Å². The van der Waals surface area contributed by atoms with E-state index in [0.717, 1.165) is 50.0 Å². The number of rotatable bonds is 10. The van der Waals surface area contributed by atoms with Crippen LogP contribution in [0.2, 0.25) is 0 Å². The lowest BCUT2D eigenvalue weighted by Gasteiger charge is -2.29. The van der Waals surface area contributed by atoms with Gasteiger partial charge < -0.3 is 0 Å². The number of allylic oxidation sites excluding steroid dienone is 2. The van der Waals surface area contributed by atoms with Crippen LogP contribution >= 0.6 is 0 Å². The molecule has 0 saturated heterocycles. The van der Waals surface area contributed by atoms with E-state index in [1.807, 2.05) is 0 Å². The Morgan fingerprint density at radius 1 is 0.718 bits per heavy atom. The number of benzene rings is 2. The second kappa shape index (κ2) is 14.1. The van der Waals surface area contributed by atoms with Gasteiger partial charge in [-0.3, -0.25) is 0 Å². The molecule has 2 aliphatic rings. The molecule has 1 nitrogen and oxygen atoms in total. The van der Waals surface area contributed by atoms with E-state index in [1.165, 1.54) is 62.8 Å². The maximum Gasteiger partial charge on any atom is 0.144 e. The summed E-state index contributed by atoms with van der Waals surface area (Å²) in [5, 5.41) is 8.87. The number of halogens is 4.